The Balaban J connectivity index is 2.01. The first-order chi connectivity index (χ1) is 14.4. The van der Waals surface area contributed by atoms with Gasteiger partial charge in [-0.3, -0.25) is 20.4 Å². The Bertz CT molecular complexity index is 924. The van der Waals surface area contributed by atoms with Crippen LogP contribution in [0.15, 0.2) is 42.5 Å². The summed E-state index contributed by atoms with van der Waals surface area (Å²) in [5.74, 6) is 0.997. The van der Waals surface area contributed by atoms with Gasteiger partial charge in [0, 0.05) is 17.2 Å². The number of ether oxygens (including phenoxy) is 4. The van der Waals surface area contributed by atoms with Crippen molar-refractivity contribution in [1.82, 2.24) is 10.9 Å². The van der Waals surface area contributed by atoms with Gasteiger partial charge in [0.1, 0.15) is 0 Å². The molecule has 0 atom stereocenters. The molecule has 30 heavy (non-hydrogen) atoms. The number of rotatable bonds is 8. The summed E-state index contributed by atoms with van der Waals surface area (Å²) in [5, 5.41) is 0. The van der Waals surface area contributed by atoms with E-state index < -0.39 is 11.8 Å². The van der Waals surface area contributed by atoms with Crippen LogP contribution in [-0.4, -0.2) is 39.2 Å². The third-order valence-corrected chi connectivity index (χ3v) is 3.94. The van der Waals surface area contributed by atoms with Crippen LogP contribution in [0.4, 0.5) is 0 Å². The van der Waals surface area contributed by atoms with Crippen LogP contribution in [0.1, 0.15) is 29.8 Å². The summed E-state index contributed by atoms with van der Waals surface area (Å²) < 4.78 is 21.4. The molecule has 2 amide bonds. The topological polar surface area (TPSA) is 95.1 Å². The minimum atomic E-state index is -0.514. The molecular formula is C22H26N2O6. The minimum Gasteiger partial charge on any atom is -0.493 e. The SMILES string of the molecule is COc1cc(C(=O)NNC(=O)/C=C/c2cccc(OC)c2OC)ccc1OC(C)C. The molecule has 2 aromatic carbocycles. The number of amides is 2. The first kappa shape index (κ1) is 22.6. The van der Waals surface area contributed by atoms with E-state index in [-0.39, 0.29) is 6.10 Å². The summed E-state index contributed by atoms with van der Waals surface area (Å²) in [7, 11) is 4.54. The number of carbonyl (C=O) groups is 2. The Hall–Kier alpha value is -3.68. The second-order valence-electron chi connectivity index (χ2n) is 6.39. The number of hydrazine groups is 1. The molecule has 2 aromatic rings. The Morgan fingerprint density at radius 3 is 2.27 bits per heavy atom. The van der Waals surface area contributed by atoms with Crippen LogP contribution in [0, 0.1) is 0 Å². The number of para-hydroxylation sites is 1. The van der Waals surface area contributed by atoms with Crippen molar-refractivity contribution in [2.24, 2.45) is 0 Å². The molecule has 2 N–H and O–H groups in total. The molecule has 0 spiro atoms. The molecule has 0 aliphatic carbocycles. The Morgan fingerprint density at radius 2 is 1.63 bits per heavy atom. The number of hydrogen-bond donors (Lipinski definition) is 2. The van der Waals surface area contributed by atoms with Gasteiger partial charge in [-0.05, 0) is 44.2 Å². The van der Waals surface area contributed by atoms with Crippen molar-refractivity contribution in [2.75, 3.05) is 21.3 Å². The van der Waals surface area contributed by atoms with Gasteiger partial charge < -0.3 is 18.9 Å². The maximum atomic E-state index is 12.3. The summed E-state index contributed by atoms with van der Waals surface area (Å²) in [6.45, 7) is 3.79. The molecule has 8 nitrogen and oxygen atoms in total. The highest BCUT2D eigenvalue weighted by atomic mass is 16.5. The van der Waals surface area contributed by atoms with Gasteiger partial charge in [-0.15, -0.1) is 0 Å². The van der Waals surface area contributed by atoms with Gasteiger partial charge in [-0.1, -0.05) is 12.1 Å². The normalized spacial score (nSPS) is 10.6. The van der Waals surface area contributed by atoms with E-state index in [4.69, 9.17) is 18.9 Å². The molecule has 160 valence electrons. The molecule has 0 saturated carbocycles. The van der Waals surface area contributed by atoms with E-state index >= 15 is 0 Å². The van der Waals surface area contributed by atoms with Crippen LogP contribution in [0.25, 0.3) is 6.08 Å². The van der Waals surface area contributed by atoms with Gasteiger partial charge in [0.2, 0.25) is 0 Å². The zero-order chi connectivity index (χ0) is 22.1. The molecule has 2 rings (SSSR count). The molecular weight excluding hydrogens is 388 g/mol. The van der Waals surface area contributed by atoms with E-state index in [0.717, 1.165) is 0 Å². The Kier molecular flexibility index (Phi) is 8.10. The van der Waals surface area contributed by atoms with Crippen molar-refractivity contribution in [1.29, 1.82) is 0 Å². The summed E-state index contributed by atoms with van der Waals surface area (Å²) >= 11 is 0. The lowest BCUT2D eigenvalue weighted by molar-refractivity contribution is -0.117. The fourth-order valence-electron chi connectivity index (χ4n) is 2.60. The van der Waals surface area contributed by atoms with Gasteiger partial charge in [0.15, 0.2) is 23.0 Å². The Morgan fingerprint density at radius 1 is 0.900 bits per heavy atom. The number of nitrogens with one attached hydrogen (secondary N) is 2. The molecule has 0 aliphatic rings. The molecule has 0 saturated heterocycles. The van der Waals surface area contributed by atoms with Crippen LogP contribution in [-0.2, 0) is 4.79 Å². The highest BCUT2D eigenvalue weighted by Gasteiger charge is 2.13. The Labute approximate surface area is 175 Å². The molecule has 0 radical (unpaired) electrons. The maximum absolute atomic E-state index is 12.3. The van der Waals surface area contributed by atoms with E-state index in [2.05, 4.69) is 10.9 Å². The smallest absolute Gasteiger partial charge is 0.269 e. The van der Waals surface area contributed by atoms with Gasteiger partial charge >= 0.3 is 0 Å². The maximum Gasteiger partial charge on any atom is 0.269 e. The van der Waals surface area contributed by atoms with Crippen LogP contribution < -0.4 is 29.8 Å². The zero-order valence-electron chi connectivity index (χ0n) is 17.6. The monoisotopic (exact) mass is 414 g/mol. The highest BCUT2D eigenvalue weighted by Crippen LogP contribution is 2.31. The molecule has 0 unspecified atom stereocenters. The summed E-state index contributed by atoms with van der Waals surface area (Å²) in [6, 6.07) is 10.1. The fourth-order valence-corrected chi connectivity index (χ4v) is 2.60. The fraction of sp³-hybridized carbons (Fsp3) is 0.273. The number of carbonyl (C=O) groups excluding carboxylic acids is 2. The summed E-state index contributed by atoms with van der Waals surface area (Å²) in [4.78, 5) is 24.4. The van der Waals surface area contributed by atoms with Crippen LogP contribution in [0.2, 0.25) is 0 Å². The van der Waals surface area contributed by atoms with Crippen LogP contribution >= 0.6 is 0 Å². The molecule has 0 aliphatic heterocycles. The van der Waals surface area contributed by atoms with Crippen molar-refractivity contribution in [3.05, 3.63) is 53.6 Å². The lowest BCUT2D eigenvalue weighted by Gasteiger charge is -2.14. The van der Waals surface area contributed by atoms with Gasteiger partial charge in [0.05, 0.1) is 27.4 Å². The number of benzene rings is 2. The summed E-state index contributed by atoms with van der Waals surface area (Å²) in [5.41, 5.74) is 5.65. The van der Waals surface area contributed by atoms with E-state index in [0.29, 0.717) is 34.1 Å². The van der Waals surface area contributed by atoms with E-state index in [9.17, 15) is 9.59 Å². The lowest BCUT2D eigenvalue weighted by Crippen LogP contribution is -2.40. The van der Waals surface area contributed by atoms with Crippen molar-refractivity contribution in [3.63, 3.8) is 0 Å². The average Bonchev–Trinajstić information content (AvgIpc) is 2.75. The van der Waals surface area contributed by atoms with Crippen molar-refractivity contribution in [2.45, 2.75) is 20.0 Å². The summed E-state index contributed by atoms with van der Waals surface area (Å²) in [6.07, 6.45) is 2.80. The standard InChI is InChI=1S/C22H26N2O6/c1-14(2)30-17-11-9-16(13-19(17)28-4)22(26)24-23-20(25)12-10-15-7-6-8-18(27-3)21(15)29-5/h6-14H,1-5H3,(H,23,25)(H,24,26)/b12-10+. The first-order valence-corrected chi connectivity index (χ1v) is 9.23. The third kappa shape index (κ3) is 5.91. The second-order valence-corrected chi connectivity index (χ2v) is 6.39. The number of methoxy groups -OCH3 is 3. The molecule has 0 fully saturated rings. The van der Waals surface area contributed by atoms with Crippen LogP contribution in [0.5, 0.6) is 23.0 Å². The molecule has 8 heteroatoms. The first-order valence-electron chi connectivity index (χ1n) is 9.23. The molecule has 0 bridgehead atoms. The second kappa shape index (κ2) is 10.8. The van der Waals surface area contributed by atoms with Crippen LogP contribution in [0.3, 0.4) is 0 Å². The predicted octanol–water partition coefficient (Wildman–Crippen LogP) is 2.97. The van der Waals surface area contributed by atoms with E-state index in [1.165, 1.54) is 33.5 Å². The molecule has 0 aromatic heterocycles. The third-order valence-electron chi connectivity index (χ3n) is 3.94. The predicted molar refractivity (Wildman–Crippen MR) is 113 cm³/mol. The largest absolute Gasteiger partial charge is 0.493 e. The number of hydrogen-bond acceptors (Lipinski definition) is 6. The van der Waals surface area contributed by atoms with Crippen molar-refractivity contribution < 1.29 is 28.5 Å². The van der Waals surface area contributed by atoms with E-state index in [1.807, 2.05) is 13.8 Å². The highest BCUT2D eigenvalue weighted by molar-refractivity contribution is 5.98. The zero-order valence-corrected chi connectivity index (χ0v) is 17.6. The average molecular weight is 414 g/mol. The van der Waals surface area contributed by atoms with E-state index in [1.54, 1.807) is 36.4 Å². The van der Waals surface area contributed by atoms with Gasteiger partial charge in [-0.2, -0.15) is 0 Å². The molecule has 0 heterocycles. The van der Waals surface area contributed by atoms with Crippen molar-refractivity contribution in [3.8, 4) is 23.0 Å². The van der Waals surface area contributed by atoms with Gasteiger partial charge in [0.25, 0.3) is 11.8 Å². The minimum absolute atomic E-state index is 0.0344. The lowest BCUT2D eigenvalue weighted by atomic mass is 10.1. The van der Waals surface area contributed by atoms with Gasteiger partial charge in [-0.25, -0.2) is 0 Å². The van der Waals surface area contributed by atoms with Crippen molar-refractivity contribution >= 4 is 17.9 Å². The quantitative estimate of drug-likeness (QED) is 0.509.